The standard InChI is InChI=1S/C24H20ClNO2S/c1-16-7-10-20(11-8-16)29(27,28)26-23-14-18(17-5-3-2-4-6-17)13-22(23)21-12-9-19(25)15-24(21)26/h2-12,15,18H,13-14H2,1H3. The Morgan fingerprint density at radius 1 is 0.931 bits per heavy atom. The molecule has 0 fully saturated rings. The monoisotopic (exact) mass is 421 g/mol. The first-order chi connectivity index (χ1) is 13.9. The largest absolute Gasteiger partial charge is 0.268 e. The Labute approximate surface area is 175 Å². The molecular weight excluding hydrogens is 402 g/mol. The molecule has 1 aromatic heterocycles. The molecule has 4 aromatic rings. The van der Waals surface area contributed by atoms with Gasteiger partial charge in [0.15, 0.2) is 0 Å². The predicted octanol–water partition coefficient (Wildman–Crippen LogP) is 5.72. The second-order valence-electron chi connectivity index (χ2n) is 7.69. The number of aryl methyl sites for hydroxylation is 1. The van der Waals surface area contributed by atoms with E-state index in [1.165, 1.54) is 9.54 Å². The van der Waals surface area contributed by atoms with Gasteiger partial charge in [-0.3, -0.25) is 0 Å². The van der Waals surface area contributed by atoms with E-state index in [2.05, 4.69) is 12.1 Å². The van der Waals surface area contributed by atoms with E-state index in [9.17, 15) is 8.42 Å². The van der Waals surface area contributed by atoms with E-state index in [-0.39, 0.29) is 5.92 Å². The van der Waals surface area contributed by atoms with Crippen LogP contribution >= 0.6 is 11.6 Å². The highest BCUT2D eigenvalue weighted by Crippen LogP contribution is 2.42. The van der Waals surface area contributed by atoms with Gasteiger partial charge >= 0.3 is 0 Å². The van der Waals surface area contributed by atoms with Crippen molar-refractivity contribution in [2.45, 2.75) is 30.6 Å². The number of fused-ring (bicyclic) bond motifs is 3. The Kier molecular flexibility index (Phi) is 4.30. The first kappa shape index (κ1) is 18.5. The van der Waals surface area contributed by atoms with Crippen LogP contribution in [0.2, 0.25) is 5.02 Å². The Hall–Kier alpha value is -2.56. The van der Waals surface area contributed by atoms with Crippen molar-refractivity contribution in [1.82, 2.24) is 3.97 Å². The third-order valence-electron chi connectivity index (χ3n) is 5.82. The van der Waals surface area contributed by atoms with Crippen LogP contribution in [-0.2, 0) is 22.9 Å². The minimum atomic E-state index is -3.73. The summed E-state index contributed by atoms with van der Waals surface area (Å²) >= 11 is 6.25. The SMILES string of the molecule is Cc1ccc(S(=O)(=O)n2c3c(c4ccc(Cl)cc42)CC(c2ccccc2)C3)cc1. The van der Waals surface area contributed by atoms with Crippen LogP contribution in [0.1, 0.15) is 28.3 Å². The number of hydrogen-bond donors (Lipinski definition) is 0. The van der Waals surface area contributed by atoms with Crippen molar-refractivity contribution in [2.75, 3.05) is 0 Å². The quantitative estimate of drug-likeness (QED) is 0.424. The molecule has 3 aromatic carbocycles. The van der Waals surface area contributed by atoms with Gasteiger partial charge in [0.2, 0.25) is 0 Å². The van der Waals surface area contributed by atoms with Crippen LogP contribution in [0.3, 0.4) is 0 Å². The molecule has 1 heterocycles. The third kappa shape index (κ3) is 2.98. The van der Waals surface area contributed by atoms with Crippen molar-refractivity contribution in [3.05, 3.63) is 100 Å². The predicted molar refractivity (Wildman–Crippen MR) is 117 cm³/mol. The van der Waals surface area contributed by atoms with Crippen molar-refractivity contribution in [3.8, 4) is 0 Å². The maximum Gasteiger partial charge on any atom is 0.268 e. The smallest absolute Gasteiger partial charge is 0.238 e. The summed E-state index contributed by atoms with van der Waals surface area (Å²) in [5.41, 5.74) is 4.91. The number of benzene rings is 3. The highest BCUT2D eigenvalue weighted by Gasteiger charge is 2.34. The molecule has 5 heteroatoms. The van der Waals surface area contributed by atoms with E-state index < -0.39 is 10.0 Å². The van der Waals surface area contributed by atoms with Crippen LogP contribution in [0.15, 0.2) is 77.7 Å². The summed E-state index contributed by atoms with van der Waals surface area (Å²) in [6.07, 6.45) is 1.52. The minimum absolute atomic E-state index is 0.278. The van der Waals surface area contributed by atoms with Gasteiger partial charge in [-0.1, -0.05) is 65.7 Å². The van der Waals surface area contributed by atoms with Crippen LogP contribution in [-0.4, -0.2) is 12.4 Å². The van der Waals surface area contributed by atoms with Crippen LogP contribution < -0.4 is 0 Å². The molecule has 1 atom stereocenters. The van der Waals surface area contributed by atoms with Gasteiger partial charge < -0.3 is 0 Å². The van der Waals surface area contributed by atoms with Crippen molar-refractivity contribution in [1.29, 1.82) is 0 Å². The van der Waals surface area contributed by atoms with E-state index >= 15 is 0 Å². The van der Waals surface area contributed by atoms with Gasteiger partial charge in [-0.2, -0.15) is 0 Å². The number of halogens is 1. The van der Waals surface area contributed by atoms with Crippen molar-refractivity contribution < 1.29 is 8.42 Å². The summed E-state index contributed by atoms with van der Waals surface area (Å²) in [7, 11) is -3.73. The molecular formula is C24H20ClNO2S. The second kappa shape index (κ2) is 6.75. The molecule has 146 valence electrons. The first-order valence-corrected chi connectivity index (χ1v) is 11.5. The zero-order valence-corrected chi connectivity index (χ0v) is 17.5. The van der Waals surface area contributed by atoms with Crippen LogP contribution in [0.5, 0.6) is 0 Å². The fourth-order valence-electron chi connectivity index (χ4n) is 4.39. The minimum Gasteiger partial charge on any atom is -0.238 e. The summed E-state index contributed by atoms with van der Waals surface area (Å²) in [5.74, 6) is 0.278. The Bertz CT molecular complexity index is 1320. The molecule has 0 spiro atoms. The number of aromatic nitrogens is 1. The second-order valence-corrected chi connectivity index (χ2v) is 9.91. The van der Waals surface area contributed by atoms with Crippen LogP contribution in [0.4, 0.5) is 0 Å². The molecule has 0 bridgehead atoms. The topological polar surface area (TPSA) is 39.1 Å². The fraction of sp³-hybridized carbons (Fsp3) is 0.167. The van der Waals surface area contributed by atoms with Crippen molar-refractivity contribution >= 4 is 32.5 Å². The molecule has 0 aliphatic heterocycles. The van der Waals surface area contributed by atoms with E-state index in [4.69, 9.17) is 11.6 Å². The fourth-order valence-corrected chi connectivity index (χ4v) is 6.13. The van der Waals surface area contributed by atoms with Gasteiger partial charge in [0.25, 0.3) is 10.0 Å². The lowest BCUT2D eigenvalue weighted by Crippen LogP contribution is -2.16. The summed E-state index contributed by atoms with van der Waals surface area (Å²) < 4.78 is 28.8. The number of rotatable bonds is 3. The number of hydrogen-bond acceptors (Lipinski definition) is 2. The van der Waals surface area contributed by atoms with Gasteiger partial charge in [0, 0.05) is 16.1 Å². The third-order valence-corrected chi connectivity index (χ3v) is 7.82. The van der Waals surface area contributed by atoms with Crippen LogP contribution in [0.25, 0.3) is 10.9 Å². The molecule has 5 rings (SSSR count). The van der Waals surface area contributed by atoms with Gasteiger partial charge in [-0.15, -0.1) is 0 Å². The van der Waals surface area contributed by atoms with Gasteiger partial charge in [-0.05, 0) is 61.1 Å². The first-order valence-electron chi connectivity index (χ1n) is 9.64. The molecule has 0 saturated carbocycles. The molecule has 0 radical (unpaired) electrons. The molecule has 3 nitrogen and oxygen atoms in total. The van der Waals surface area contributed by atoms with Crippen molar-refractivity contribution in [2.24, 2.45) is 0 Å². The van der Waals surface area contributed by atoms with Crippen molar-refractivity contribution in [3.63, 3.8) is 0 Å². The van der Waals surface area contributed by atoms with Crippen LogP contribution in [0, 0.1) is 6.92 Å². The van der Waals surface area contributed by atoms with E-state index in [1.54, 1.807) is 18.2 Å². The summed E-state index contributed by atoms with van der Waals surface area (Å²) in [4.78, 5) is 0.297. The molecule has 1 aliphatic carbocycles. The lowest BCUT2D eigenvalue weighted by molar-refractivity contribution is 0.586. The van der Waals surface area contributed by atoms with E-state index in [0.29, 0.717) is 21.9 Å². The molecule has 0 N–H and O–H groups in total. The number of nitrogens with zero attached hydrogens (tertiary/aromatic N) is 1. The normalized spacial score (nSPS) is 16.3. The average Bonchev–Trinajstić information content (AvgIpc) is 3.25. The molecule has 1 aliphatic rings. The lowest BCUT2D eigenvalue weighted by atomic mass is 9.96. The molecule has 29 heavy (non-hydrogen) atoms. The Morgan fingerprint density at radius 3 is 2.38 bits per heavy atom. The van der Waals surface area contributed by atoms with E-state index in [1.807, 2.05) is 49.4 Å². The van der Waals surface area contributed by atoms with E-state index in [0.717, 1.165) is 28.6 Å². The average molecular weight is 422 g/mol. The lowest BCUT2D eigenvalue weighted by Gasteiger charge is -2.14. The summed E-state index contributed by atoms with van der Waals surface area (Å²) in [5, 5.41) is 1.51. The zero-order valence-electron chi connectivity index (χ0n) is 16.0. The van der Waals surface area contributed by atoms with Gasteiger partial charge in [-0.25, -0.2) is 12.4 Å². The maximum atomic E-state index is 13.7. The molecule has 0 saturated heterocycles. The molecule has 0 amide bonds. The highest BCUT2D eigenvalue weighted by atomic mass is 35.5. The van der Waals surface area contributed by atoms with Gasteiger partial charge in [0.05, 0.1) is 10.4 Å². The Morgan fingerprint density at radius 2 is 1.66 bits per heavy atom. The highest BCUT2D eigenvalue weighted by molar-refractivity contribution is 7.90. The van der Waals surface area contributed by atoms with Gasteiger partial charge in [0.1, 0.15) is 0 Å². The zero-order chi connectivity index (χ0) is 20.2. The summed E-state index contributed by atoms with van der Waals surface area (Å²) in [6, 6.07) is 22.9. The summed E-state index contributed by atoms with van der Waals surface area (Å²) in [6.45, 7) is 1.95. The maximum absolute atomic E-state index is 13.7. The Balaban J connectivity index is 1.72. The molecule has 1 unspecified atom stereocenters.